The molecule has 244 valence electrons. The monoisotopic (exact) mass is 602 g/mol. The highest BCUT2D eigenvalue weighted by molar-refractivity contribution is 5.52. The highest BCUT2D eigenvalue weighted by atomic mass is 16.3. The van der Waals surface area contributed by atoms with Crippen LogP contribution in [0.3, 0.4) is 0 Å². The molecule has 0 aliphatic carbocycles. The van der Waals surface area contributed by atoms with Gasteiger partial charge in [0.15, 0.2) is 0 Å². The number of aromatic hydroxyl groups is 3. The molecule has 0 saturated heterocycles. The first-order valence-corrected chi connectivity index (χ1v) is 16.6. The Labute approximate surface area is 269 Å². The molecule has 0 bridgehead atoms. The lowest BCUT2D eigenvalue weighted by Gasteiger charge is -2.29. The zero-order chi connectivity index (χ0) is 33.8. The first kappa shape index (κ1) is 37.2. The normalized spacial score (nSPS) is 12.3. The molecule has 0 fully saturated rings. The molecule has 3 rings (SSSR count). The minimum Gasteiger partial charge on any atom is -0.508 e. The molecule has 44 heavy (non-hydrogen) atoms. The lowest BCUT2D eigenvalue weighted by Crippen LogP contribution is -2.16. The van der Waals surface area contributed by atoms with Crippen LogP contribution in [0.4, 0.5) is 0 Å². The minimum atomic E-state index is -0.121. The summed E-state index contributed by atoms with van der Waals surface area (Å²) in [5, 5.41) is 31.1. The molecule has 0 spiro atoms. The Kier molecular flexibility index (Phi) is 12.2. The van der Waals surface area contributed by atoms with E-state index in [1.807, 2.05) is 18.2 Å². The molecule has 3 nitrogen and oxygen atoms in total. The average molecular weight is 603 g/mol. The average Bonchev–Trinajstić information content (AvgIpc) is 2.85. The zero-order valence-electron chi connectivity index (χ0n) is 30.4. The van der Waals surface area contributed by atoms with Crippen molar-refractivity contribution >= 4 is 0 Å². The van der Waals surface area contributed by atoms with Gasteiger partial charge in [0.05, 0.1) is 0 Å². The third kappa shape index (κ3) is 9.29. The van der Waals surface area contributed by atoms with Gasteiger partial charge in [-0.2, -0.15) is 0 Å². The third-order valence-corrected chi connectivity index (χ3v) is 8.77. The van der Waals surface area contributed by atoms with Crippen LogP contribution in [0.25, 0.3) is 0 Å². The molecule has 0 aromatic heterocycles. The molecule has 0 amide bonds. The Morgan fingerprint density at radius 3 is 1.23 bits per heavy atom. The van der Waals surface area contributed by atoms with Crippen LogP contribution in [0.5, 0.6) is 17.2 Å². The molecule has 0 radical (unpaired) electrons. The summed E-state index contributed by atoms with van der Waals surface area (Å²) in [5.41, 5.74) is 10.2. The number of aryl methyl sites for hydroxylation is 4. The van der Waals surface area contributed by atoms with E-state index in [1.54, 1.807) is 0 Å². The number of phenolic OH excluding ortho intramolecular Hbond substituents is 3. The van der Waals surface area contributed by atoms with Gasteiger partial charge in [-0.15, -0.1) is 0 Å². The molecule has 3 aromatic rings. The van der Waals surface area contributed by atoms with Crippen molar-refractivity contribution in [3.05, 3.63) is 86.5 Å². The van der Waals surface area contributed by atoms with E-state index in [4.69, 9.17) is 0 Å². The second kappa shape index (κ2) is 14.4. The molecule has 0 unspecified atom stereocenters. The van der Waals surface area contributed by atoms with Crippen molar-refractivity contribution in [1.82, 2.24) is 0 Å². The fourth-order valence-electron chi connectivity index (χ4n) is 6.11. The first-order chi connectivity index (χ1) is 20.1. The van der Waals surface area contributed by atoms with Crippen LogP contribution in [0, 0.1) is 20.8 Å². The van der Waals surface area contributed by atoms with E-state index in [2.05, 4.69) is 115 Å². The van der Waals surface area contributed by atoms with Gasteiger partial charge in [-0.05, 0) is 125 Å². The molecular weight excluding hydrogens is 540 g/mol. The molecule has 3 heteroatoms. The first-order valence-electron chi connectivity index (χ1n) is 16.6. The molecule has 0 saturated carbocycles. The standard InChI is InChI=1S/C26H38O2.C15H24O/c1-10-11-18(19-14-21(25(4,5)6)23(27)12-16(19)2)20-15-22(26(7,8)9)24(28)13-17(20)3;1-6-7-8-12-10-13(15(3,4)5)14(16)9-11(12)2/h12-15,18,27-28H,10-11H2,1-9H3;9-10,16H,6-8H2,1-5H3. The Hall–Kier alpha value is -2.94. The summed E-state index contributed by atoms with van der Waals surface area (Å²) in [6.07, 6.45) is 5.65. The summed E-state index contributed by atoms with van der Waals surface area (Å²) in [7, 11) is 0. The number of benzene rings is 3. The van der Waals surface area contributed by atoms with Crippen molar-refractivity contribution in [1.29, 1.82) is 0 Å². The highest BCUT2D eigenvalue weighted by Gasteiger charge is 2.27. The minimum absolute atomic E-state index is 0.0126. The van der Waals surface area contributed by atoms with Crippen molar-refractivity contribution < 1.29 is 15.3 Å². The van der Waals surface area contributed by atoms with Crippen LogP contribution in [-0.4, -0.2) is 15.3 Å². The summed E-state index contributed by atoms with van der Waals surface area (Å²) in [6, 6.07) is 12.3. The van der Waals surface area contributed by atoms with Gasteiger partial charge in [0, 0.05) is 5.92 Å². The maximum Gasteiger partial charge on any atom is 0.119 e. The second-order valence-corrected chi connectivity index (χ2v) is 15.9. The summed E-state index contributed by atoms with van der Waals surface area (Å²) < 4.78 is 0. The summed E-state index contributed by atoms with van der Waals surface area (Å²) in [5.74, 6) is 1.43. The van der Waals surface area contributed by atoms with Gasteiger partial charge in [-0.3, -0.25) is 0 Å². The summed E-state index contributed by atoms with van der Waals surface area (Å²) in [4.78, 5) is 0. The molecule has 0 heterocycles. The van der Waals surface area contributed by atoms with E-state index >= 15 is 0 Å². The van der Waals surface area contributed by atoms with E-state index < -0.39 is 0 Å². The van der Waals surface area contributed by atoms with Gasteiger partial charge in [-0.25, -0.2) is 0 Å². The molecule has 0 aliphatic rings. The maximum atomic E-state index is 10.5. The molecule has 3 aromatic carbocycles. The molecule has 3 N–H and O–H groups in total. The lowest BCUT2D eigenvalue weighted by atomic mass is 9.76. The topological polar surface area (TPSA) is 60.7 Å². The molecular formula is C41H62O3. The predicted molar refractivity (Wildman–Crippen MR) is 190 cm³/mol. The van der Waals surface area contributed by atoms with Gasteiger partial charge < -0.3 is 15.3 Å². The van der Waals surface area contributed by atoms with Gasteiger partial charge in [0.25, 0.3) is 0 Å². The van der Waals surface area contributed by atoms with Crippen LogP contribution in [-0.2, 0) is 22.7 Å². The summed E-state index contributed by atoms with van der Waals surface area (Å²) >= 11 is 0. The Morgan fingerprint density at radius 2 is 0.886 bits per heavy atom. The second-order valence-electron chi connectivity index (χ2n) is 15.9. The van der Waals surface area contributed by atoms with E-state index in [0.717, 1.165) is 47.1 Å². The van der Waals surface area contributed by atoms with E-state index in [0.29, 0.717) is 17.2 Å². The fourth-order valence-corrected chi connectivity index (χ4v) is 6.11. The number of hydrogen-bond donors (Lipinski definition) is 3. The van der Waals surface area contributed by atoms with Crippen LogP contribution < -0.4 is 0 Å². The van der Waals surface area contributed by atoms with Gasteiger partial charge in [0.2, 0.25) is 0 Å². The quantitative estimate of drug-likeness (QED) is 0.252. The van der Waals surface area contributed by atoms with Crippen molar-refractivity contribution in [3.8, 4) is 17.2 Å². The lowest BCUT2D eigenvalue weighted by molar-refractivity contribution is 0.444. The third-order valence-electron chi connectivity index (χ3n) is 8.77. The Balaban J connectivity index is 0.000000358. The molecule has 0 aliphatic heterocycles. The summed E-state index contributed by atoms with van der Waals surface area (Å²) in [6.45, 7) is 29.9. The van der Waals surface area contributed by atoms with Crippen molar-refractivity contribution in [2.24, 2.45) is 0 Å². The van der Waals surface area contributed by atoms with Gasteiger partial charge in [0.1, 0.15) is 17.2 Å². The Bertz CT molecular complexity index is 1340. The van der Waals surface area contributed by atoms with E-state index in [-0.39, 0.29) is 22.2 Å². The molecule has 0 atom stereocenters. The van der Waals surface area contributed by atoms with Gasteiger partial charge in [-0.1, -0.05) is 107 Å². The van der Waals surface area contributed by atoms with Crippen LogP contribution in [0.2, 0.25) is 0 Å². The van der Waals surface area contributed by atoms with Crippen molar-refractivity contribution in [2.45, 2.75) is 151 Å². The van der Waals surface area contributed by atoms with Crippen molar-refractivity contribution in [2.75, 3.05) is 0 Å². The van der Waals surface area contributed by atoms with Crippen molar-refractivity contribution in [3.63, 3.8) is 0 Å². The SMILES string of the molecule is CCCC(c1cc(C(C)(C)C)c(O)cc1C)c1cc(C(C)(C)C)c(O)cc1C.CCCCc1cc(C(C)(C)C)c(O)cc1C. The Morgan fingerprint density at radius 1 is 0.523 bits per heavy atom. The number of rotatable bonds is 7. The zero-order valence-corrected chi connectivity index (χ0v) is 30.4. The fraction of sp³-hybridized carbons (Fsp3) is 0.561. The number of hydrogen-bond acceptors (Lipinski definition) is 3. The number of unbranched alkanes of at least 4 members (excludes halogenated alkanes) is 1. The maximum absolute atomic E-state index is 10.5. The smallest absolute Gasteiger partial charge is 0.119 e. The van der Waals surface area contributed by atoms with E-state index in [9.17, 15) is 15.3 Å². The van der Waals surface area contributed by atoms with E-state index in [1.165, 1.54) is 35.1 Å². The van der Waals surface area contributed by atoms with Gasteiger partial charge >= 0.3 is 0 Å². The predicted octanol–water partition coefficient (Wildman–Crippen LogP) is 11.6. The largest absolute Gasteiger partial charge is 0.508 e. The number of phenols is 3. The van der Waals surface area contributed by atoms with Crippen LogP contribution in [0.15, 0.2) is 36.4 Å². The van der Waals surface area contributed by atoms with Crippen LogP contribution in [0.1, 0.15) is 158 Å². The van der Waals surface area contributed by atoms with Crippen LogP contribution >= 0.6 is 0 Å². The highest BCUT2D eigenvalue weighted by Crippen LogP contribution is 2.42.